The second kappa shape index (κ2) is 14.3. The zero-order chi connectivity index (χ0) is 30.1. The van der Waals surface area contributed by atoms with Gasteiger partial charge in [-0.2, -0.15) is 0 Å². The van der Waals surface area contributed by atoms with Crippen LogP contribution in [0.1, 0.15) is 48.6 Å². The fourth-order valence-corrected chi connectivity index (χ4v) is 4.50. The maximum Gasteiger partial charge on any atom is 0.409 e. The lowest BCUT2D eigenvalue weighted by molar-refractivity contribution is 0.0600. The second-order valence-electron chi connectivity index (χ2n) is 9.75. The molecule has 1 N–H and O–H groups in total. The molecule has 1 aliphatic heterocycles. The Morgan fingerprint density at radius 3 is 2.21 bits per heavy atom. The fraction of sp³-hybridized carbons (Fsp3) is 0.250. The number of halogens is 1. The molecule has 0 aromatic heterocycles. The maximum atomic E-state index is 12.7. The highest BCUT2D eigenvalue weighted by atomic mass is 35.5. The van der Waals surface area contributed by atoms with Crippen LogP contribution in [0.25, 0.3) is 0 Å². The number of carbonyl (C=O) groups is 4. The molecule has 0 saturated carbocycles. The Hall–Kier alpha value is -4.63. The van der Waals surface area contributed by atoms with Crippen molar-refractivity contribution in [1.29, 1.82) is 0 Å². The van der Waals surface area contributed by atoms with E-state index in [0.29, 0.717) is 52.6 Å². The van der Waals surface area contributed by atoms with E-state index in [1.807, 2.05) is 24.3 Å². The largest absolute Gasteiger partial charge is 0.465 e. The topological polar surface area (TPSA) is 105 Å². The minimum absolute atomic E-state index is 0.00976. The average molecular weight is 590 g/mol. The maximum absolute atomic E-state index is 12.7. The van der Waals surface area contributed by atoms with Crippen molar-refractivity contribution in [2.75, 3.05) is 39.2 Å². The summed E-state index contributed by atoms with van der Waals surface area (Å²) >= 11 is 5.87. The highest BCUT2D eigenvalue weighted by molar-refractivity contribution is 6.30. The van der Waals surface area contributed by atoms with Crippen molar-refractivity contribution in [3.63, 3.8) is 0 Å². The summed E-state index contributed by atoms with van der Waals surface area (Å²) in [5, 5.41) is 3.88. The van der Waals surface area contributed by atoms with E-state index in [-0.39, 0.29) is 31.3 Å². The number of Topliss-reactive ketones (excluding diaryl/α,β-unsaturated/α-hetero) is 1. The highest BCUT2D eigenvalue weighted by Crippen LogP contribution is 2.22. The minimum atomic E-state index is -0.609. The summed E-state index contributed by atoms with van der Waals surface area (Å²) in [5.41, 5.74) is 3.79. The smallest absolute Gasteiger partial charge is 0.409 e. The van der Waals surface area contributed by atoms with Gasteiger partial charge in [-0.15, -0.1) is 0 Å². The van der Waals surface area contributed by atoms with Gasteiger partial charge in [0.25, 0.3) is 5.91 Å². The molecule has 0 radical (unpaired) electrons. The number of esters is 1. The SMILES string of the molecule is COC(=O)c1ccc(NCc2ccc(C(=O)N3CC=CC3)cc2)c(CN(C)C(=O)OCCC(=O)c2ccc(Cl)cc2)c1. The molecule has 0 spiro atoms. The van der Waals surface area contributed by atoms with E-state index in [4.69, 9.17) is 21.1 Å². The number of nitrogens with zero attached hydrogens (tertiary/aromatic N) is 2. The molecule has 4 rings (SSSR count). The van der Waals surface area contributed by atoms with Crippen LogP contribution in [0.15, 0.2) is 78.9 Å². The molecule has 0 unspecified atom stereocenters. The first-order chi connectivity index (χ1) is 20.2. The van der Waals surface area contributed by atoms with E-state index in [2.05, 4.69) is 5.32 Å². The second-order valence-corrected chi connectivity index (χ2v) is 10.2. The molecule has 0 fully saturated rings. The van der Waals surface area contributed by atoms with Crippen LogP contribution in [-0.2, 0) is 22.6 Å². The molecule has 1 aliphatic rings. The molecule has 0 aliphatic carbocycles. The van der Waals surface area contributed by atoms with Crippen LogP contribution in [-0.4, -0.2) is 67.4 Å². The van der Waals surface area contributed by atoms with Crippen LogP contribution in [0.5, 0.6) is 0 Å². The zero-order valence-corrected chi connectivity index (χ0v) is 24.2. The number of hydrogen-bond acceptors (Lipinski definition) is 7. The van der Waals surface area contributed by atoms with Crippen molar-refractivity contribution < 1.29 is 28.7 Å². The van der Waals surface area contributed by atoms with Gasteiger partial charge in [0.1, 0.15) is 6.61 Å². The predicted octanol–water partition coefficient (Wildman–Crippen LogP) is 5.59. The van der Waals surface area contributed by atoms with Crippen LogP contribution in [0, 0.1) is 0 Å². The molecule has 218 valence electrons. The third-order valence-electron chi connectivity index (χ3n) is 6.76. The Labute approximate surface area is 249 Å². The van der Waals surface area contributed by atoms with E-state index in [9.17, 15) is 19.2 Å². The van der Waals surface area contributed by atoms with Crippen molar-refractivity contribution in [3.05, 3.63) is 112 Å². The number of hydrogen-bond donors (Lipinski definition) is 1. The van der Waals surface area contributed by atoms with Crippen LogP contribution in [0.4, 0.5) is 10.5 Å². The zero-order valence-electron chi connectivity index (χ0n) is 23.5. The summed E-state index contributed by atoms with van der Waals surface area (Å²) in [5.74, 6) is -0.670. The van der Waals surface area contributed by atoms with Gasteiger partial charge in [-0.3, -0.25) is 9.59 Å². The normalized spacial score (nSPS) is 12.1. The summed E-state index contributed by atoms with van der Waals surface area (Å²) in [4.78, 5) is 52.9. The number of benzene rings is 3. The average Bonchev–Trinajstić information content (AvgIpc) is 3.55. The van der Waals surface area contributed by atoms with E-state index in [1.54, 1.807) is 66.5 Å². The van der Waals surface area contributed by atoms with Gasteiger partial charge < -0.3 is 24.6 Å². The summed E-state index contributed by atoms with van der Waals surface area (Å²) in [6.45, 7) is 1.75. The molecule has 10 heteroatoms. The fourth-order valence-electron chi connectivity index (χ4n) is 4.37. The van der Waals surface area contributed by atoms with Gasteiger partial charge in [-0.05, 0) is 65.7 Å². The van der Waals surface area contributed by atoms with Crippen molar-refractivity contribution in [2.45, 2.75) is 19.5 Å². The highest BCUT2D eigenvalue weighted by Gasteiger charge is 2.18. The first-order valence-electron chi connectivity index (χ1n) is 13.4. The lowest BCUT2D eigenvalue weighted by Gasteiger charge is -2.20. The molecule has 42 heavy (non-hydrogen) atoms. The molecule has 3 aromatic carbocycles. The van der Waals surface area contributed by atoms with Crippen LogP contribution < -0.4 is 5.32 Å². The number of amides is 2. The predicted molar refractivity (Wildman–Crippen MR) is 160 cm³/mol. The van der Waals surface area contributed by atoms with E-state index >= 15 is 0 Å². The Morgan fingerprint density at radius 2 is 1.55 bits per heavy atom. The molecule has 1 heterocycles. The lowest BCUT2D eigenvalue weighted by atomic mass is 10.1. The van der Waals surface area contributed by atoms with E-state index in [0.717, 1.165) is 5.56 Å². The number of ketones is 1. The standard InChI is InChI=1S/C32H32ClN3O6/c1-35(32(40)42-18-15-29(37)23-9-12-27(33)13-10-23)21-26-19-25(31(39)41-2)11-14-28(26)34-20-22-5-7-24(8-6-22)30(38)36-16-3-4-17-36/h3-14,19,34H,15-18,20-21H2,1-2H3. The minimum Gasteiger partial charge on any atom is -0.465 e. The molecule has 0 atom stereocenters. The van der Waals surface area contributed by atoms with Gasteiger partial charge in [0.15, 0.2) is 5.78 Å². The lowest BCUT2D eigenvalue weighted by Crippen LogP contribution is -2.28. The summed E-state index contributed by atoms with van der Waals surface area (Å²) in [6.07, 6.45) is 3.37. The molecule has 0 saturated heterocycles. The van der Waals surface area contributed by atoms with Crippen molar-refractivity contribution in [3.8, 4) is 0 Å². The Kier molecular flexibility index (Phi) is 10.3. The summed E-state index contributed by atoms with van der Waals surface area (Å²) in [6, 6.07) is 19.0. The quantitative estimate of drug-likeness (QED) is 0.176. The monoisotopic (exact) mass is 589 g/mol. The van der Waals surface area contributed by atoms with Gasteiger partial charge in [0, 0.05) is 54.9 Å². The Balaban J connectivity index is 1.36. The first-order valence-corrected chi connectivity index (χ1v) is 13.8. The summed E-state index contributed by atoms with van der Waals surface area (Å²) in [7, 11) is 2.88. The van der Waals surface area contributed by atoms with Gasteiger partial charge >= 0.3 is 12.1 Å². The van der Waals surface area contributed by atoms with Crippen LogP contribution in [0.2, 0.25) is 5.02 Å². The first kappa shape index (κ1) is 30.3. The Morgan fingerprint density at radius 1 is 0.905 bits per heavy atom. The third kappa shape index (κ3) is 7.98. The molecule has 2 amide bonds. The number of anilines is 1. The van der Waals surface area contributed by atoms with Gasteiger partial charge in [0.05, 0.1) is 19.2 Å². The van der Waals surface area contributed by atoms with Crippen molar-refractivity contribution in [2.24, 2.45) is 0 Å². The number of ether oxygens (including phenoxy) is 2. The van der Waals surface area contributed by atoms with E-state index < -0.39 is 12.1 Å². The van der Waals surface area contributed by atoms with Crippen molar-refractivity contribution >= 4 is 41.0 Å². The van der Waals surface area contributed by atoms with Gasteiger partial charge in [-0.25, -0.2) is 9.59 Å². The number of rotatable bonds is 11. The molecule has 0 bridgehead atoms. The van der Waals surface area contributed by atoms with E-state index in [1.165, 1.54) is 12.0 Å². The molecular weight excluding hydrogens is 558 g/mol. The van der Waals surface area contributed by atoms with Crippen molar-refractivity contribution in [1.82, 2.24) is 9.80 Å². The van der Waals surface area contributed by atoms with Crippen LogP contribution in [0.3, 0.4) is 0 Å². The number of carbonyl (C=O) groups excluding carboxylic acids is 4. The molecular formula is C32H32ClN3O6. The third-order valence-corrected chi connectivity index (χ3v) is 7.01. The summed E-state index contributed by atoms with van der Waals surface area (Å²) < 4.78 is 10.2. The van der Waals surface area contributed by atoms with Crippen LogP contribution >= 0.6 is 11.6 Å². The van der Waals surface area contributed by atoms with Gasteiger partial charge in [-0.1, -0.05) is 35.9 Å². The number of methoxy groups -OCH3 is 1. The van der Waals surface area contributed by atoms with Gasteiger partial charge in [0.2, 0.25) is 0 Å². The molecule has 9 nitrogen and oxygen atoms in total. The Bertz CT molecular complexity index is 1460. The number of nitrogens with one attached hydrogen (secondary N) is 1. The molecule has 3 aromatic rings.